The van der Waals surface area contributed by atoms with Gasteiger partial charge in [-0.3, -0.25) is 0 Å². The molecule has 2 radical (unpaired) electrons. The molecular formula is C15H19B. The molecule has 0 unspecified atom stereocenters. The maximum atomic E-state index is 6.35. The van der Waals surface area contributed by atoms with E-state index >= 15 is 0 Å². The van der Waals surface area contributed by atoms with Gasteiger partial charge in [-0.05, 0) is 35.2 Å². The molecule has 2 bridgehead atoms. The van der Waals surface area contributed by atoms with Gasteiger partial charge >= 0.3 is 0 Å². The van der Waals surface area contributed by atoms with E-state index in [0.29, 0.717) is 17.2 Å². The molecule has 16 heavy (non-hydrogen) atoms. The first kappa shape index (κ1) is 10.4. The molecule has 0 saturated heterocycles. The van der Waals surface area contributed by atoms with Gasteiger partial charge in [-0.1, -0.05) is 56.4 Å². The Bertz CT molecular complexity index is 382. The minimum absolute atomic E-state index is 0.374. The second kappa shape index (κ2) is 3.39. The number of hydrogen-bond acceptors (Lipinski definition) is 0. The predicted molar refractivity (Wildman–Crippen MR) is 68.7 cm³/mol. The van der Waals surface area contributed by atoms with Crippen LogP contribution in [0.25, 0.3) is 0 Å². The first-order chi connectivity index (χ1) is 7.60. The van der Waals surface area contributed by atoms with Crippen LogP contribution in [0.4, 0.5) is 0 Å². The number of hydrogen-bond donors (Lipinski definition) is 0. The average Bonchev–Trinajstić information content (AvgIpc) is 2.29. The van der Waals surface area contributed by atoms with E-state index in [1.807, 2.05) is 0 Å². The van der Waals surface area contributed by atoms with Crippen LogP contribution in [0, 0.1) is 17.3 Å². The van der Waals surface area contributed by atoms with Crippen LogP contribution in [0.3, 0.4) is 0 Å². The van der Waals surface area contributed by atoms with Gasteiger partial charge in [0.15, 0.2) is 0 Å². The zero-order valence-corrected chi connectivity index (χ0v) is 10.2. The van der Waals surface area contributed by atoms with Crippen LogP contribution in [-0.4, -0.2) is 7.85 Å². The van der Waals surface area contributed by atoms with Crippen molar-refractivity contribution in [1.29, 1.82) is 0 Å². The molecule has 82 valence electrons. The highest BCUT2D eigenvalue weighted by atomic mass is 14.6. The van der Waals surface area contributed by atoms with Crippen molar-refractivity contribution in [2.45, 2.75) is 38.4 Å². The van der Waals surface area contributed by atoms with E-state index in [9.17, 15) is 0 Å². The molecular weight excluding hydrogens is 191 g/mol. The quantitative estimate of drug-likeness (QED) is 0.618. The van der Waals surface area contributed by atoms with Crippen molar-refractivity contribution >= 4 is 7.85 Å². The molecule has 1 heteroatoms. The lowest BCUT2D eigenvalue weighted by Crippen LogP contribution is -2.53. The fraction of sp³-hybridized carbons (Fsp3) is 0.600. The van der Waals surface area contributed by atoms with Gasteiger partial charge in [0.05, 0.1) is 7.85 Å². The molecule has 4 rings (SSSR count). The van der Waals surface area contributed by atoms with Gasteiger partial charge in [0.1, 0.15) is 0 Å². The van der Waals surface area contributed by atoms with Crippen LogP contribution in [0.15, 0.2) is 30.3 Å². The summed E-state index contributed by atoms with van der Waals surface area (Å²) in [5.41, 5.74) is 1.96. The van der Waals surface area contributed by atoms with Crippen LogP contribution in [0.1, 0.15) is 38.2 Å². The Balaban J connectivity index is 1.94. The summed E-state index contributed by atoms with van der Waals surface area (Å²) in [5, 5.41) is 0. The molecule has 0 heterocycles. The molecule has 1 aromatic carbocycles. The van der Waals surface area contributed by atoms with Gasteiger partial charge in [0.2, 0.25) is 0 Å². The Morgan fingerprint density at radius 1 is 1.12 bits per heavy atom. The van der Waals surface area contributed by atoms with E-state index in [1.54, 1.807) is 0 Å². The third kappa shape index (κ3) is 1.30. The Hall–Kier alpha value is -0.715. The summed E-state index contributed by atoms with van der Waals surface area (Å²) in [4.78, 5) is 0. The Labute approximate surface area is 99.9 Å². The summed E-state index contributed by atoms with van der Waals surface area (Å²) in [6, 6.07) is 10.9. The standard InChI is InChI=1S/C15H19B/c1-15(2)11-8-12(15)14(13(16)9-11)10-6-4-3-5-7-10/h3-7,11-14H,8-9H2,1-2H3/t11-,12+,13+,14+/m0/s1. The molecule has 0 aromatic heterocycles. The molecule has 3 saturated carbocycles. The summed E-state index contributed by atoms with van der Waals surface area (Å²) in [5.74, 6) is 2.62. The van der Waals surface area contributed by atoms with Gasteiger partial charge in [0.25, 0.3) is 0 Å². The summed E-state index contributed by atoms with van der Waals surface area (Å²) in [7, 11) is 6.35. The van der Waals surface area contributed by atoms with E-state index in [-0.39, 0.29) is 0 Å². The normalized spacial score (nSPS) is 40.1. The van der Waals surface area contributed by atoms with Crippen LogP contribution < -0.4 is 0 Å². The van der Waals surface area contributed by atoms with Crippen LogP contribution in [-0.2, 0) is 0 Å². The van der Waals surface area contributed by atoms with Crippen molar-refractivity contribution in [3.05, 3.63) is 35.9 Å². The topological polar surface area (TPSA) is 0 Å². The molecule has 1 aromatic rings. The monoisotopic (exact) mass is 210 g/mol. The van der Waals surface area contributed by atoms with Crippen molar-refractivity contribution in [3.8, 4) is 0 Å². The molecule has 0 nitrogen and oxygen atoms in total. The maximum absolute atomic E-state index is 6.35. The highest BCUT2D eigenvalue weighted by molar-refractivity contribution is 6.12. The highest BCUT2D eigenvalue weighted by Crippen LogP contribution is 2.66. The van der Waals surface area contributed by atoms with E-state index in [1.165, 1.54) is 18.4 Å². The lowest BCUT2D eigenvalue weighted by Gasteiger charge is -2.62. The van der Waals surface area contributed by atoms with Crippen molar-refractivity contribution < 1.29 is 0 Å². The first-order valence-electron chi connectivity index (χ1n) is 6.41. The van der Waals surface area contributed by atoms with Crippen molar-refractivity contribution in [2.75, 3.05) is 0 Å². The van der Waals surface area contributed by atoms with Gasteiger partial charge in [0, 0.05) is 0 Å². The molecule has 0 aliphatic heterocycles. The summed E-state index contributed by atoms with van der Waals surface area (Å²) >= 11 is 0. The van der Waals surface area contributed by atoms with Gasteiger partial charge < -0.3 is 0 Å². The Kier molecular flexibility index (Phi) is 2.21. The molecule has 0 spiro atoms. The van der Waals surface area contributed by atoms with E-state index in [0.717, 1.165) is 11.8 Å². The molecule has 3 aliphatic carbocycles. The second-order valence-electron chi connectivity index (χ2n) is 6.20. The summed E-state index contributed by atoms with van der Waals surface area (Å²) in [6.07, 6.45) is 2.60. The molecule has 4 atom stereocenters. The largest absolute Gasteiger partial charge is 0.0708 e. The van der Waals surface area contributed by atoms with Gasteiger partial charge in [-0.25, -0.2) is 0 Å². The highest BCUT2D eigenvalue weighted by Gasteiger charge is 2.56. The first-order valence-corrected chi connectivity index (χ1v) is 6.41. The number of rotatable bonds is 1. The Morgan fingerprint density at radius 2 is 1.81 bits per heavy atom. The number of fused-ring (bicyclic) bond motifs is 2. The smallest absolute Gasteiger partial charge is 0.0701 e. The van der Waals surface area contributed by atoms with Crippen LogP contribution in [0.2, 0.25) is 5.82 Å². The Morgan fingerprint density at radius 3 is 2.44 bits per heavy atom. The fourth-order valence-corrected chi connectivity index (χ4v) is 3.99. The zero-order valence-electron chi connectivity index (χ0n) is 10.2. The van der Waals surface area contributed by atoms with Crippen molar-refractivity contribution in [2.24, 2.45) is 17.3 Å². The zero-order chi connectivity index (χ0) is 11.3. The minimum Gasteiger partial charge on any atom is -0.0701 e. The minimum atomic E-state index is 0.374. The molecule has 3 fully saturated rings. The van der Waals surface area contributed by atoms with Gasteiger partial charge in [-0.15, -0.1) is 0 Å². The van der Waals surface area contributed by atoms with Crippen molar-refractivity contribution in [3.63, 3.8) is 0 Å². The average molecular weight is 210 g/mol. The van der Waals surface area contributed by atoms with Crippen molar-refractivity contribution in [1.82, 2.24) is 0 Å². The molecule has 3 aliphatic rings. The van der Waals surface area contributed by atoms with E-state index < -0.39 is 0 Å². The SMILES string of the molecule is [B][C@@H]1C[C@@H]2C[C@H]([C@H]1c1ccccc1)C2(C)C. The van der Waals surface area contributed by atoms with Crippen LogP contribution in [0.5, 0.6) is 0 Å². The summed E-state index contributed by atoms with van der Waals surface area (Å²) in [6.45, 7) is 4.85. The van der Waals surface area contributed by atoms with E-state index in [4.69, 9.17) is 7.85 Å². The third-order valence-corrected chi connectivity index (χ3v) is 5.18. The fourth-order valence-electron chi connectivity index (χ4n) is 3.99. The van der Waals surface area contributed by atoms with Crippen LogP contribution >= 0.6 is 0 Å². The van der Waals surface area contributed by atoms with E-state index in [2.05, 4.69) is 44.2 Å². The molecule has 0 N–H and O–H groups in total. The summed E-state index contributed by atoms with van der Waals surface area (Å²) < 4.78 is 0. The third-order valence-electron chi connectivity index (χ3n) is 5.18. The second-order valence-corrected chi connectivity index (χ2v) is 6.20. The lowest BCUT2D eigenvalue weighted by molar-refractivity contribution is -0.0797. The maximum Gasteiger partial charge on any atom is 0.0708 e. The van der Waals surface area contributed by atoms with Gasteiger partial charge in [-0.2, -0.15) is 0 Å². The predicted octanol–water partition coefficient (Wildman–Crippen LogP) is 3.79. The molecule has 0 amide bonds. The lowest BCUT2D eigenvalue weighted by atomic mass is 9.40. The number of benzene rings is 1.